The molecular formula is C18H17BrN4OS. The molecule has 25 heavy (non-hydrogen) atoms. The van der Waals surface area contributed by atoms with Gasteiger partial charge in [-0.15, -0.1) is 11.3 Å². The molecule has 0 fully saturated rings. The van der Waals surface area contributed by atoms with E-state index >= 15 is 0 Å². The van der Waals surface area contributed by atoms with Crippen molar-refractivity contribution in [3.8, 4) is 0 Å². The molecule has 1 aromatic carbocycles. The molecule has 0 saturated heterocycles. The lowest BCUT2D eigenvalue weighted by molar-refractivity contribution is 0.102. The van der Waals surface area contributed by atoms with E-state index in [0.29, 0.717) is 17.9 Å². The first-order valence-electron chi connectivity index (χ1n) is 7.67. The molecule has 0 spiro atoms. The van der Waals surface area contributed by atoms with Crippen LogP contribution in [-0.2, 0) is 6.54 Å². The summed E-state index contributed by atoms with van der Waals surface area (Å²) in [5.41, 5.74) is 2.27. The molecule has 7 heteroatoms. The Morgan fingerprint density at radius 3 is 2.72 bits per heavy atom. The van der Waals surface area contributed by atoms with E-state index in [0.717, 1.165) is 20.9 Å². The summed E-state index contributed by atoms with van der Waals surface area (Å²) in [4.78, 5) is 23.5. The molecule has 5 nitrogen and oxygen atoms in total. The Morgan fingerprint density at radius 2 is 2.04 bits per heavy atom. The second-order valence-corrected chi connectivity index (χ2v) is 7.43. The monoisotopic (exact) mass is 416 g/mol. The van der Waals surface area contributed by atoms with Gasteiger partial charge in [0, 0.05) is 34.5 Å². The molecule has 0 aliphatic heterocycles. The van der Waals surface area contributed by atoms with Crippen LogP contribution in [-0.4, -0.2) is 22.9 Å². The lowest BCUT2D eigenvalue weighted by Gasteiger charge is -2.19. The van der Waals surface area contributed by atoms with Gasteiger partial charge in [-0.05, 0) is 43.3 Å². The van der Waals surface area contributed by atoms with Gasteiger partial charge in [0.1, 0.15) is 10.8 Å². The molecule has 1 N–H and O–H groups in total. The number of pyridine rings is 1. The molecule has 0 radical (unpaired) electrons. The van der Waals surface area contributed by atoms with E-state index in [-0.39, 0.29) is 5.91 Å². The predicted molar refractivity (Wildman–Crippen MR) is 105 cm³/mol. The number of rotatable bonds is 5. The van der Waals surface area contributed by atoms with Gasteiger partial charge in [-0.1, -0.05) is 15.9 Å². The Balaban J connectivity index is 1.79. The number of benzene rings is 1. The zero-order chi connectivity index (χ0) is 17.8. The Morgan fingerprint density at radius 1 is 1.28 bits per heavy atom. The van der Waals surface area contributed by atoms with Crippen LogP contribution in [0.25, 0.3) is 0 Å². The van der Waals surface area contributed by atoms with Crippen molar-refractivity contribution < 1.29 is 4.79 Å². The first kappa shape index (κ1) is 17.6. The van der Waals surface area contributed by atoms with Crippen LogP contribution in [0.15, 0.2) is 52.4 Å². The van der Waals surface area contributed by atoms with Gasteiger partial charge >= 0.3 is 0 Å². The van der Waals surface area contributed by atoms with E-state index in [1.54, 1.807) is 29.7 Å². The number of nitrogens with one attached hydrogen (secondary N) is 1. The van der Waals surface area contributed by atoms with Crippen LogP contribution < -0.4 is 10.2 Å². The highest BCUT2D eigenvalue weighted by molar-refractivity contribution is 9.10. The second-order valence-electron chi connectivity index (χ2n) is 5.57. The summed E-state index contributed by atoms with van der Waals surface area (Å²) in [6.45, 7) is 2.58. The minimum Gasteiger partial charge on any atom is -0.352 e. The summed E-state index contributed by atoms with van der Waals surface area (Å²) < 4.78 is 0.964. The fourth-order valence-electron chi connectivity index (χ4n) is 2.36. The van der Waals surface area contributed by atoms with E-state index in [1.165, 1.54) is 0 Å². The van der Waals surface area contributed by atoms with Crippen molar-refractivity contribution >= 4 is 44.7 Å². The van der Waals surface area contributed by atoms with Crippen molar-refractivity contribution in [1.29, 1.82) is 0 Å². The summed E-state index contributed by atoms with van der Waals surface area (Å²) in [6.07, 6.45) is 1.69. The molecule has 0 bridgehead atoms. The average Bonchev–Trinajstić information content (AvgIpc) is 3.01. The summed E-state index contributed by atoms with van der Waals surface area (Å²) >= 11 is 4.99. The third-order valence-corrected chi connectivity index (χ3v) is 5.01. The third-order valence-electron chi connectivity index (χ3n) is 3.53. The Kier molecular flexibility index (Phi) is 5.45. The quantitative estimate of drug-likeness (QED) is 0.664. The van der Waals surface area contributed by atoms with E-state index < -0.39 is 0 Å². The summed E-state index contributed by atoms with van der Waals surface area (Å²) in [5, 5.41) is 5.92. The maximum absolute atomic E-state index is 12.7. The van der Waals surface area contributed by atoms with Crippen molar-refractivity contribution in [1.82, 2.24) is 9.97 Å². The van der Waals surface area contributed by atoms with Crippen LogP contribution in [0.4, 0.5) is 11.5 Å². The lowest BCUT2D eigenvalue weighted by Crippen LogP contribution is -2.23. The van der Waals surface area contributed by atoms with E-state index in [1.807, 2.05) is 48.5 Å². The zero-order valence-corrected chi connectivity index (χ0v) is 16.3. The normalized spacial score (nSPS) is 10.5. The molecule has 0 aliphatic carbocycles. The summed E-state index contributed by atoms with van der Waals surface area (Å²) in [6, 6.07) is 11.0. The fourth-order valence-corrected chi connectivity index (χ4v) is 3.45. The van der Waals surface area contributed by atoms with Gasteiger partial charge in [-0.3, -0.25) is 4.79 Å². The Labute approximate surface area is 158 Å². The van der Waals surface area contributed by atoms with Crippen LogP contribution in [0.3, 0.4) is 0 Å². The van der Waals surface area contributed by atoms with Crippen LogP contribution in [0.5, 0.6) is 0 Å². The molecule has 3 aromatic rings. The Hall–Kier alpha value is -2.25. The summed E-state index contributed by atoms with van der Waals surface area (Å²) in [7, 11) is 1.91. The van der Waals surface area contributed by atoms with Gasteiger partial charge in [0.25, 0.3) is 5.91 Å². The van der Waals surface area contributed by atoms with Crippen LogP contribution in [0.1, 0.15) is 21.1 Å². The van der Waals surface area contributed by atoms with Gasteiger partial charge in [0.05, 0.1) is 12.1 Å². The van der Waals surface area contributed by atoms with E-state index in [4.69, 9.17) is 0 Å². The van der Waals surface area contributed by atoms with Crippen LogP contribution in [0.2, 0.25) is 0 Å². The number of carbonyl (C=O) groups excluding carboxylic acids is 1. The fraction of sp³-hybridized carbons (Fsp3) is 0.167. The molecule has 2 heterocycles. The van der Waals surface area contributed by atoms with Gasteiger partial charge in [-0.2, -0.15) is 0 Å². The van der Waals surface area contributed by atoms with Crippen molar-refractivity contribution in [2.45, 2.75) is 13.5 Å². The number of halogens is 1. The van der Waals surface area contributed by atoms with Crippen LogP contribution >= 0.6 is 27.3 Å². The maximum atomic E-state index is 12.7. The first-order chi connectivity index (χ1) is 12.0. The van der Waals surface area contributed by atoms with Gasteiger partial charge < -0.3 is 10.2 Å². The van der Waals surface area contributed by atoms with Crippen molar-refractivity contribution in [3.63, 3.8) is 0 Å². The minimum atomic E-state index is -0.187. The number of anilines is 2. The number of aryl methyl sites for hydroxylation is 1. The lowest BCUT2D eigenvalue weighted by atomic mass is 10.2. The molecule has 2 aromatic heterocycles. The Bertz CT molecular complexity index is 879. The minimum absolute atomic E-state index is 0.187. The molecule has 0 aliphatic rings. The number of hydrogen-bond acceptors (Lipinski definition) is 5. The standard InChI is InChI=1S/C18H17BrN4OS/c1-12-11-25-16(21-12)10-23(2)17-15(4-3-9-20-17)18(24)22-14-7-5-13(19)6-8-14/h3-9,11H,10H2,1-2H3,(H,22,24). The van der Waals surface area contributed by atoms with Crippen molar-refractivity contribution in [2.24, 2.45) is 0 Å². The van der Waals surface area contributed by atoms with Crippen LogP contribution in [0, 0.1) is 6.92 Å². The second kappa shape index (κ2) is 7.76. The number of nitrogens with zero attached hydrogens (tertiary/aromatic N) is 3. The molecular weight excluding hydrogens is 400 g/mol. The topological polar surface area (TPSA) is 58.1 Å². The van der Waals surface area contributed by atoms with Gasteiger partial charge in [0.15, 0.2) is 0 Å². The number of amides is 1. The third kappa shape index (κ3) is 4.43. The molecule has 0 saturated carbocycles. The van der Waals surface area contributed by atoms with E-state index in [9.17, 15) is 4.79 Å². The smallest absolute Gasteiger partial charge is 0.259 e. The molecule has 1 amide bonds. The average molecular weight is 417 g/mol. The number of carbonyl (C=O) groups is 1. The van der Waals surface area contributed by atoms with Gasteiger partial charge in [0.2, 0.25) is 0 Å². The highest BCUT2D eigenvalue weighted by Gasteiger charge is 2.16. The summed E-state index contributed by atoms with van der Waals surface area (Å²) in [5.74, 6) is 0.442. The first-order valence-corrected chi connectivity index (χ1v) is 9.34. The zero-order valence-electron chi connectivity index (χ0n) is 13.9. The maximum Gasteiger partial charge on any atom is 0.259 e. The molecule has 128 valence electrons. The molecule has 0 atom stereocenters. The molecule has 3 rings (SSSR count). The van der Waals surface area contributed by atoms with Gasteiger partial charge in [-0.25, -0.2) is 9.97 Å². The number of hydrogen-bond donors (Lipinski definition) is 1. The van der Waals surface area contributed by atoms with E-state index in [2.05, 4.69) is 31.2 Å². The largest absolute Gasteiger partial charge is 0.352 e. The number of thiazole rings is 1. The SMILES string of the molecule is Cc1csc(CN(C)c2ncccc2C(=O)Nc2ccc(Br)cc2)n1. The predicted octanol–water partition coefficient (Wildman–Crippen LogP) is 4.50. The van der Waals surface area contributed by atoms with Crippen molar-refractivity contribution in [3.05, 3.63) is 68.7 Å². The number of aromatic nitrogens is 2. The highest BCUT2D eigenvalue weighted by Crippen LogP contribution is 2.21. The van der Waals surface area contributed by atoms with Crippen molar-refractivity contribution in [2.75, 3.05) is 17.3 Å². The molecule has 0 unspecified atom stereocenters. The highest BCUT2D eigenvalue weighted by atomic mass is 79.9.